The fourth-order valence-corrected chi connectivity index (χ4v) is 2.92. The number of nitrogens with zero attached hydrogens (tertiary/aromatic N) is 4. The summed E-state index contributed by atoms with van der Waals surface area (Å²) in [7, 11) is 0. The number of aromatic amines is 1. The molecule has 4 aromatic rings. The number of rotatable bonds is 3. The Hall–Kier alpha value is -3.00. The number of aryl methyl sites for hydroxylation is 1. The molecular formula is C15H13N7S. The van der Waals surface area contributed by atoms with Crippen molar-refractivity contribution in [1.29, 1.82) is 0 Å². The van der Waals surface area contributed by atoms with Gasteiger partial charge in [-0.3, -0.25) is 5.10 Å². The molecule has 0 aliphatic rings. The Labute approximate surface area is 135 Å². The highest BCUT2D eigenvalue weighted by Gasteiger charge is 2.10. The average Bonchev–Trinajstić information content (AvgIpc) is 3.18. The molecule has 0 amide bonds. The van der Waals surface area contributed by atoms with Gasteiger partial charge in [-0.25, -0.2) is 9.97 Å². The SMILES string of the molecule is Cc1cc(Nc2nc(N)nc3cc(-c4cscn4)ccc23)n[nH]1. The standard InChI is InChI=1S/C15H13N7S/c1-8-4-13(22-21-8)19-14-10-3-2-9(12-6-23-7-17-12)5-11(10)18-15(16)20-14/h2-7H,1H3,(H4,16,18,19,20,21,22). The maximum atomic E-state index is 5.85. The van der Waals surface area contributed by atoms with E-state index in [4.69, 9.17) is 5.73 Å². The second-order valence-electron chi connectivity index (χ2n) is 5.10. The summed E-state index contributed by atoms with van der Waals surface area (Å²) in [5.74, 6) is 1.52. The summed E-state index contributed by atoms with van der Waals surface area (Å²) in [5, 5.41) is 13.1. The van der Waals surface area contributed by atoms with Crippen LogP contribution >= 0.6 is 11.3 Å². The van der Waals surface area contributed by atoms with E-state index >= 15 is 0 Å². The first-order chi connectivity index (χ1) is 11.2. The van der Waals surface area contributed by atoms with E-state index in [-0.39, 0.29) is 5.95 Å². The van der Waals surface area contributed by atoms with Crippen LogP contribution in [-0.2, 0) is 0 Å². The summed E-state index contributed by atoms with van der Waals surface area (Å²) in [6.07, 6.45) is 0. The molecule has 7 nitrogen and oxygen atoms in total. The number of nitrogens with two attached hydrogens (primary N) is 1. The molecule has 0 fully saturated rings. The fourth-order valence-electron chi connectivity index (χ4n) is 2.36. The lowest BCUT2D eigenvalue weighted by molar-refractivity contribution is 1.05. The van der Waals surface area contributed by atoms with Gasteiger partial charge in [0.15, 0.2) is 5.82 Å². The highest BCUT2D eigenvalue weighted by atomic mass is 32.1. The molecule has 0 aliphatic heterocycles. The third-order valence-electron chi connectivity index (χ3n) is 3.39. The van der Waals surface area contributed by atoms with Crippen LogP contribution in [0, 0.1) is 6.92 Å². The molecule has 0 aliphatic carbocycles. The van der Waals surface area contributed by atoms with Crippen molar-refractivity contribution in [1.82, 2.24) is 25.1 Å². The lowest BCUT2D eigenvalue weighted by Gasteiger charge is -2.08. The Morgan fingerprint density at radius 1 is 1.22 bits per heavy atom. The molecule has 0 atom stereocenters. The second kappa shape index (κ2) is 5.33. The molecule has 3 aromatic heterocycles. The van der Waals surface area contributed by atoms with Gasteiger partial charge in [0, 0.05) is 28.1 Å². The summed E-state index contributed by atoms with van der Waals surface area (Å²) in [5.41, 5.74) is 11.3. The zero-order chi connectivity index (χ0) is 15.8. The molecule has 0 radical (unpaired) electrons. The maximum Gasteiger partial charge on any atom is 0.222 e. The van der Waals surface area contributed by atoms with Crippen molar-refractivity contribution in [3.05, 3.63) is 40.8 Å². The van der Waals surface area contributed by atoms with E-state index in [0.717, 1.165) is 27.9 Å². The molecule has 4 rings (SSSR count). The zero-order valence-electron chi connectivity index (χ0n) is 12.2. The van der Waals surface area contributed by atoms with Crippen LogP contribution < -0.4 is 11.1 Å². The normalized spacial score (nSPS) is 11.0. The summed E-state index contributed by atoms with van der Waals surface area (Å²) in [6, 6.07) is 7.82. The number of hydrogen-bond donors (Lipinski definition) is 3. The first-order valence-electron chi connectivity index (χ1n) is 6.94. The summed E-state index contributed by atoms with van der Waals surface area (Å²) in [6.45, 7) is 1.94. The van der Waals surface area contributed by atoms with Crippen LogP contribution in [0.15, 0.2) is 35.2 Å². The summed E-state index contributed by atoms with van der Waals surface area (Å²) >= 11 is 1.56. The minimum absolute atomic E-state index is 0.211. The van der Waals surface area contributed by atoms with Gasteiger partial charge in [-0.2, -0.15) is 10.1 Å². The van der Waals surface area contributed by atoms with Crippen LogP contribution in [0.25, 0.3) is 22.2 Å². The lowest BCUT2D eigenvalue weighted by Crippen LogP contribution is -2.01. The predicted octanol–water partition coefficient (Wildman–Crippen LogP) is 3.11. The van der Waals surface area contributed by atoms with Crippen molar-refractivity contribution in [2.75, 3.05) is 11.1 Å². The number of fused-ring (bicyclic) bond motifs is 1. The number of H-pyrrole nitrogens is 1. The number of aromatic nitrogens is 5. The minimum atomic E-state index is 0.211. The van der Waals surface area contributed by atoms with Gasteiger partial charge >= 0.3 is 0 Å². The first-order valence-corrected chi connectivity index (χ1v) is 7.88. The molecule has 0 spiro atoms. The van der Waals surface area contributed by atoms with Crippen molar-refractivity contribution < 1.29 is 0 Å². The molecule has 0 saturated carbocycles. The van der Waals surface area contributed by atoms with Crippen molar-refractivity contribution >= 4 is 39.8 Å². The largest absolute Gasteiger partial charge is 0.368 e. The number of benzene rings is 1. The van der Waals surface area contributed by atoms with Crippen molar-refractivity contribution in [2.45, 2.75) is 6.92 Å². The molecule has 3 heterocycles. The van der Waals surface area contributed by atoms with E-state index in [2.05, 4.69) is 30.5 Å². The highest BCUT2D eigenvalue weighted by Crippen LogP contribution is 2.28. The van der Waals surface area contributed by atoms with Gasteiger partial charge in [0.05, 0.1) is 16.7 Å². The topological polar surface area (TPSA) is 105 Å². The Morgan fingerprint density at radius 2 is 2.13 bits per heavy atom. The van der Waals surface area contributed by atoms with Crippen LogP contribution in [0.4, 0.5) is 17.6 Å². The smallest absolute Gasteiger partial charge is 0.222 e. The van der Waals surface area contributed by atoms with E-state index in [1.807, 2.05) is 36.6 Å². The Kier molecular flexibility index (Phi) is 3.16. The van der Waals surface area contributed by atoms with Crippen LogP contribution in [0.2, 0.25) is 0 Å². The maximum absolute atomic E-state index is 5.85. The highest BCUT2D eigenvalue weighted by molar-refractivity contribution is 7.07. The van der Waals surface area contributed by atoms with Gasteiger partial charge in [-0.05, 0) is 19.1 Å². The molecule has 23 heavy (non-hydrogen) atoms. The zero-order valence-corrected chi connectivity index (χ0v) is 13.1. The van der Waals surface area contributed by atoms with Crippen molar-refractivity contribution in [2.24, 2.45) is 0 Å². The van der Waals surface area contributed by atoms with Crippen LogP contribution in [-0.4, -0.2) is 25.1 Å². The quantitative estimate of drug-likeness (QED) is 0.535. The third-order valence-corrected chi connectivity index (χ3v) is 3.98. The number of thiazole rings is 1. The third kappa shape index (κ3) is 2.59. The van der Waals surface area contributed by atoms with Gasteiger partial charge < -0.3 is 11.1 Å². The van der Waals surface area contributed by atoms with Crippen LogP contribution in [0.3, 0.4) is 0 Å². The van der Waals surface area contributed by atoms with Crippen LogP contribution in [0.5, 0.6) is 0 Å². The van der Waals surface area contributed by atoms with Gasteiger partial charge in [-0.1, -0.05) is 6.07 Å². The van der Waals surface area contributed by atoms with Crippen molar-refractivity contribution in [3.8, 4) is 11.3 Å². The van der Waals surface area contributed by atoms with Gasteiger partial charge in [0.25, 0.3) is 0 Å². The van der Waals surface area contributed by atoms with E-state index in [0.29, 0.717) is 11.6 Å². The molecule has 0 bridgehead atoms. The number of hydrogen-bond acceptors (Lipinski definition) is 7. The summed E-state index contributed by atoms with van der Waals surface area (Å²) < 4.78 is 0. The molecule has 1 aromatic carbocycles. The van der Waals surface area contributed by atoms with Gasteiger partial charge in [0.2, 0.25) is 5.95 Å². The molecule has 4 N–H and O–H groups in total. The second-order valence-corrected chi connectivity index (χ2v) is 5.82. The first kappa shape index (κ1) is 13.6. The van der Waals surface area contributed by atoms with Crippen LogP contribution in [0.1, 0.15) is 5.69 Å². The molecule has 114 valence electrons. The predicted molar refractivity (Wildman–Crippen MR) is 91.7 cm³/mol. The molecule has 0 unspecified atom stereocenters. The minimum Gasteiger partial charge on any atom is -0.368 e. The van der Waals surface area contributed by atoms with Gasteiger partial charge in [0.1, 0.15) is 5.82 Å². The Balaban J connectivity index is 1.81. The fraction of sp³-hybridized carbons (Fsp3) is 0.0667. The monoisotopic (exact) mass is 323 g/mol. The van der Waals surface area contributed by atoms with E-state index in [1.54, 1.807) is 16.8 Å². The van der Waals surface area contributed by atoms with Crippen molar-refractivity contribution in [3.63, 3.8) is 0 Å². The Morgan fingerprint density at radius 3 is 2.87 bits per heavy atom. The van der Waals surface area contributed by atoms with E-state index in [1.165, 1.54) is 0 Å². The molecular weight excluding hydrogens is 310 g/mol. The number of nitrogens with one attached hydrogen (secondary N) is 2. The molecule has 0 saturated heterocycles. The summed E-state index contributed by atoms with van der Waals surface area (Å²) in [4.78, 5) is 12.9. The lowest BCUT2D eigenvalue weighted by atomic mass is 10.1. The van der Waals surface area contributed by atoms with E-state index in [9.17, 15) is 0 Å². The average molecular weight is 323 g/mol. The van der Waals surface area contributed by atoms with Gasteiger partial charge in [-0.15, -0.1) is 11.3 Å². The molecule has 8 heteroatoms. The number of nitrogen functional groups attached to an aromatic ring is 1. The Bertz CT molecular complexity index is 975. The number of anilines is 3. The van der Waals surface area contributed by atoms with E-state index < -0.39 is 0 Å².